The first-order valence-corrected chi connectivity index (χ1v) is 12.6. The minimum Gasteiger partial charge on any atom is -0.273 e. The van der Waals surface area contributed by atoms with Crippen molar-refractivity contribution in [1.29, 1.82) is 0 Å². The summed E-state index contributed by atoms with van der Waals surface area (Å²) >= 11 is 0. The molecule has 0 atom stereocenters. The van der Waals surface area contributed by atoms with Crippen LogP contribution in [0.3, 0.4) is 0 Å². The van der Waals surface area contributed by atoms with Crippen LogP contribution in [0.2, 0.25) is 0 Å². The van der Waals surface area contributed by atoms with E-state index in [1.807, 2.05) is 0 Å². The summed E-state index contributed by atoms with van der Waals surface area (Å²) in [4.78, 5) is 82.2. The van der Waals surface area contributed by atoms with Crippen LogP contribution < -0.4 is 0 Å². The molecule has 10 heteroatoms. The average Bonchev–Trinajstić information content (AvgIpc) is 2.96. The van der Waals surface area contributed by atoms with Gasteiger partial charge in [-0.1, -0.05) is 0 Å². The summed E-state index contributed by atoms with van der Waals surface area (Å²) in [5, 5.41) is 0. The van der Waals surface area contributed by atoms with Crippen LogP contribution in [0, 0.1) is 32.5 Å². The van der Waals surface area contributed by atoms with Crippen molar-refractivity contribution >= 4 is 43.8 Å². The normalized spacial score (nSPS) is 28.7. The molecule has 3 heterocycles. The Morgan fingerprint density at radius 2 is 0.471 bits per heavy atom. The fourth-order valence-corrected chi connectivity index (χ4v) is 7.24. The van der Waals surface area contributed by atoms with Crippen molar-refractivity contribution in [2.75, 3.05) is 0 Å². The third-order valence-corrected chi connectivity index (χ3v) is 11.7. The minimum absolute atomic E-state index is 0.625. The molecule has 0 bridgehead atoms. The number of imide groups is 3. The molecule has 0 aromatic heterocycles. The van der Waals surface area contributed by atoms with E-state index in [9.17, 15) is 28.8 Å². The lowest BCUT2D eigenvalue weighted by atomic mass is 9.70. The van der Waals surface area contributed by atoms with Crippen molar-refractivity contribution in [2.45, 2.75) is 83.1 Å². The first kappa shape index (κ1) is 26.5. The molecule has 188 valence electrons. The highest BCUT2D eigenvalue weighted by atomic mass is 31.2. The van der Waals surface area contributed by atoms with E-state index in [0.717, 1.165) is 14.0 Å². The number of hydrogen-bond acceptors (Lipinski definition) is 6. The zero-order valence-electron chi connectivity index (χ0n) is 22.2. The first-order valence-electron chi connectivity index (χ1n) is 11.4. The van der Waals surface area contributed by atoms with Crippen molar-refractivity contribution in [3.63, 3.8) is 0 Å². The molecular weight excluding hydrogens is 457 g/mol. The molecule has 3 rings (SSSR count). The van der Waals surface area contributed by atoms with E-state index < -0.39 is 76.3 Å². The Morgan fingerprint density at radius 1 is 0.353 bits per heavy atom. The van der Waals surface area contributed by atoms with Gasteiger partial charge in [-0.3, -0.25) is 28.8 Å². The molecule has 3 aliphatic rings. The molecular formula is C24H36N3O6P. The molecule has 9 nitrogen and oxygen atoms in total. The molecule has 3 saturated heterocycles. The quantitative estimate of drug-likeness (QED) is 0.440. The fraction of sp³-hybridized carbons (Fsp3) is 0.750. The van der Waals surface area contributed by atoms with Gasteiger partial charge in [0.1, 0.15) is 0 Å². The molecule has 0 unspecified atom stereocenters. The molecule has 0 radical (unpaired) electrons. The molecule has 6 amide bonds. The van der Waals surface area contributed by atoms with E-state index >= 15 is 0 Å². The molecule has 0 aromatic rings. The number of nitrogens with zero attached hydrogens (tertiary/aromatic N) is 3. The first-order chi connectivity index (χ1) is 14.9. The SMILES string of the molecule is CC1(C)C(=O)N(P(N2C(=O)C(C)(C)C(C)(C)C2=O)N2C(=O)C(C)(C)C(C)(C)C2=O)C(=O)C1(C)C. The van der Waals surface area contributed by atoms with Crippen LogP contribution in [0.5, 0.6) is 0 Å². The summed E-state index contributed by atoms with van der Waals surface area (Å²) in [6.07, 6.45) is 0. The van der Waals surface area contributed by atoms with Gasteiger partial charge in [0.25, 0.3) is 0 Å². The van der Waals surface area contributed by atoms with E-state index in [2.05, 4.69) is 0 Å². The van der Waals surface area contributed by atoms with Crippen LogP contribution >= 0.6 is 8.37 Å². The fourth-order valence-electron chi connectivity index (χ4n) is 4.22. The standard InChI is InChI=1S/C24H36N3O6P/c1-19(2)13(28)25(14(29)20(19,3)4)34(26-15(30)21(5,6)22(7,8)16(26)31)27-17(32)23(9,10)24(11,12)18(27)33/h1-12H3. The zero-order chi connectivity index (χ0) is 26.8. The van der Waals surface area contributed by atoms with Gasteiger partial charge in [-0.15, -0.1) is 0 Å². The van der Waals surface area contributed by atoms with Gasteiger partial charge in [0.15, 0.2) is 0 Å². The summed E-state index contributed by atoms with van der Waals surface area (Å²) in [6.45, 7) is 19.4. The van der Waals surface area contributed by atoms with Gasteiger partial charge < -0.3 is 0 Å². The second-order valence-electron chi connectivity index (χ2n) is 12.8. The summed E-state index contributed by atoms with van der Waals surface area (Å²) in [6, 6.07) is 0. The number of carbonyl (C=O) groups excluding carboxylic acids is 6. The second kappa shape index (κ2) is 6.74. The average molecular weight is 494 g/mol. The lowest BCUT2D eigenvalue weighted by Gasteiger charge is -2.37. The lowest BCUT2D eigenvalue weighted by Crippen LogP contribution is -2.47. The van der Waals surface area contributed by atoms with Gasteiger partial charge in [0.05, 0.1) is 32.5 Å². The molecule has 34 heavy (non-hydrogen) atoms. The highest BCUT2D eigenvalue weighted by Crippen LogP contribution is 2.67. The van der Waals surface area contributed by atoms with Crippen LogP contribution in [0.4, 0.5) is 0 Å². The highest BCUT2D eigenvalue weighted by molar-refractivity contribution is 7.55. The van der Waals surface area contributed by atoms with Crippen molar-refractivity contribution in [3.8, 4) is 0 Å². The Hall–Kier alpha value is -2.15. The summed E-state index contributed by atoms with van der Waals surface area (Å²) in [5.74, 6) is -3.75. The smallest absolute Gasteiger partial charge is 0.242 e. The van der Waals surface area contributed by atoms with Crippen LogP contribution in [0.25, 0.3) is 0 Å². The maximum atomic E-state index is 13.7. The Balaban J connectivity index is 2.35. The van der Waals surface area contributed by atoms with E-state index in [1.165, 1.54) is 0 Å². The van der Waals surface area contributed by atoms with Crippen LogP contribution in [-0.4, -0.2) is 49.5 Å². The molecule has 3 fully saturated rings. The Morgan fingerprint density at radius 3 is 0.588 bits per heavy atom. The Kier molecular flexibility index (Phi) is 5.25. The van der Waals surface area contributed by atoms with Crippen molar-refractivity contribution in [3.05, 3.63) is 0 Å². The van der Waals surface area contributed by atoms with E-state index in [1.54, 1.807) is 83.1 Å². The lowest BCUT2D eigenvalue weighted by molar-refractivity contribution is -0.138. The van der Waals surface area contributed by atoms with Crippen molar-refractivity contribution in [2.24, 2.45) is 32.5 Å². The number of amides is 6. The van der Waals surface area contributed by atoms with Crippen LogP contribution in [0.1, 0.15) is 83.1 Å². The highest BCUT2D eigenvalue weighted by Gasteiger charge is 2.72. The maximum Gasteiger partial charge on any atom is 0.242 e. The van der Waals surface area contributed by atoms with Gasteiger partial charge in [-0.05, 0) is 83.1 Å². The summed E-state index contributed by atoms with van der Waals surface area (Å²) in [7, 11) is -2.75. The number of rotatable bonds is 3. The van der Waals surface area contributed by atoms with Gasteiger partial charge >= 0.3 is 0 Å². The second-order valence-corrected chi connectivity index (χ2v) is 14.5. The van der Waals surface area contributed by atoms with E-state index in [4.69, 9.17) is 0 Å². The van der Waals surface area contributed by atoms with Crippen molar-refractivity contribution in [1.82, 2.24) is 14.0 Å². The molecule has 3 aliphatic heterocycles. The van der Waals surface area contributed by atoms with Gasteiger partial charge in [-0.2, -0.15) is 0 Å². The third-order valence-electron chi connectivity index (χ3n) is 9.59. The third kappa shape index (κ3) is 2.65. The van der Waals surface area contributed by atoms with Crippen molar-refractivity contribution < 1.29 is 28.8 Å². The molecule has 0 aliphatic carbocycles. The maximum absolute atomic E-state index is 13.7. The number of hydrogen-bond donors (Lipinski definition) is 0. The van der Waals surface area contributed by atoms with Gasteiger partial charge in [0.2, 0.25) is 43.8 Å². The predicted octanol–water partition coefficient (Wildman–Crippen LogP) is 3.48. The minimum atomic E-state index is -2.75. The topological polar surface area (TPSA) is 112 Å². The molecule has 0 N–H and O–H groups in total. The summed E-state index contributed by atoms with van der Waals surface area (Å²) in [5.41, 5.74) is -7.09. The largest absolute Gasteiger partial charge is 0.273 e. The number of carbonyl (C=O) groups is 6. The van der Waals surface area contributed by atoms with Crippen LogP contribution in [-0.2, 0) is 28.8 Å². The van der Waals surface area contributed by atoms with E-state index in [0.29, 0.717) is 0 Å². The predicted molar refractivity (Wildman–Crippen MR) is 125 cm³/mol. The molecule has 0 aromatic carbocycles. The molecule has 0 spiro atoms. The van der Waals surface area contributed by atoms with E-state index in [-0.39, 0.29) is 0 Å². The van der Waals surface area contributed by atoms with Gasteiger partial charge in [0, 0.05) is 0 Å². The monoisotopic (exact) mass is 493 g/mol. The van der Waals surface area contributed by atoms with Gasteiger partial charge in [-0.25, -0.2) is 14.0 Å². The zero-order valence-corrected chi connectivity index (χ0v) is 23.1. The Bertz CT molecular complexity index is 857. The molecule has 0 saturated carbocycles. The summed E-state index contributed by atoms with van der Waals surface area (Å²) < 4.78 is 2.57. The Labute approximate surface area is 202 Å². The van der Waals surface area contributed by atoms with Crippen LogP contribution in [0.15, 0.2) is 0 Å².